The first-order valence-electron chi connectivity index (χ1n) is 7.57. The topological polar surface area (TPSA) is 51.1 Å². The van der Waals surface area contributed by atoms with Gasteiger partial charge >= 0.3 is 0 Å². The van der Waals surface area contributed by atoms with Crippen LogP contribution < -0.4 is 10.6 Å². The van der Waals surface area contributed by atoms with Gasteiger partial charge in [-0.15, -0.1) is 0 Å². The van der Waals surface area contributed by atoms with Crippen LogP contribution in [0.5, 0.6) is 0 Å². The molecule has 2 N–H and O–H groups in total. The Kier molecular flexibility index (Phi) is 7.03. The number of rotatable bonds is 5. The standard InChI is InChI=1S/C18H18Cl2N4S/c1-24(2)17(10-14-15(19)4-3-5-16(14)20)23-18(25)22-13-8-6-12(11-21)7-9-13/h3-9,17H,10H2,1-2H3,(H2,22,23,25). The van der Waals surface area contributed by atoms with Crippen LogP contribution in [0.3, 0.4) is 0 Å². The van der Waals surface area contributed by atoms with Crippen LogP contribution in [-0.2, 0) is 6.42 Å². The second kappa shape index (κ2) is 9.02. The van der Waals surface area contributed by atoms with Crippen LogP contribution >= 0.6 is 35.4 Å². The van der Waals surface area contributed by atoms with Crippen LogP contribution in [0.1, 0.15) is 11.1 Å². The van der Waals surface area contributed by atoms with E-state index in [1.54, 1.807) is 12.1 Å². The molecule has 1 atom stereocenters. The molecule has 0 fully saturated rings. The second-order valence-corrected chi connectivity index (χ2v) is 6.89. The largest absolute Gasteiger partial charge is 0.347 e. The smallest absolute Gasteiger partial charge is 0.172 e. The van der Waals surface area contributed by atoms with Gasteiger partial charge in [-0.25, -0.2) is 0 Å². The van der Waals surface area contributed by atoms with E-state index in [0.29, 0.717) is 27.1 Å². The zero-order chi connectivity index (χ0) is 18.4. The maximum Gasteiger partial charge on any atom is 0.172 e. The van der Waals surface area contributed by atoms with E-state index in [1.165, 1.54) is 0 Å². The summed E-state index contributed by atoms with van der Waals surface area (Å²) < 4.78 is 0. The summed E-state index contributed by atoms with van der Waals surface area (Å²) in [5, 5.41) is 17.0. The number of hydrogen-bond donors (Lipinski definition) is 2. The molecule has 0 heterocycles. The van der Waals surface area contributed by atoms with E-state index in [4.69, 9.17) is 40.7 Å². The predicted molar refractivity (Wildman–Crippen MR) is 108 cm³/mol. The van der Waals surface area contributed by atoms with Gasteiger partial charge in [-0.2, -0.15) is 5.26 Å². The predicted octanol–water partition coefficient (Wildman–Crippen LogP) is 4.28. The van der Waals surface area contributed by atoms with Crippen molar-refractivity contribution in [2.45, 2.75) is 12.6 Å². The molecular formula is C18H18Cl2N4S. The summed E-state index contributed by atoms with van der Waals surface area (Å²) >= 11 is 17.9. The summed E-state index contributed by atoms with van der Waals surface area (Å²) in [6.07, 6.45) is 0.511. The Labute approximate surface area is 163 Å². The number of likely N-dealkylation sites (N-methyl/N-ethyl adjacent to an activating group) is 1. The van der Waals surface area contributed by atoms with E-state index in [1.807, 2.05) is 49.3 Å². The van der Waals surface area contributed by atoms with E-state index in [2.05, 4.69) is 16.7 Å². The zero-order valence-electron chi connectivity index (χ0n) is 13.9. The highest BCUT2D eigenvalue weighted by Gasteiger charge is 2.17. The third kappa shape index (κ3) is 5.58. The number of benzene rings is 2. The van der Waals surface area contributed by atoms with Crippen molar-refractivity contribution in [3.05, 3.63) is 63.6 Å². The molecule has 0 bridgehead atoms. The molecule has 25 heavy (non-hydrogen) atoms. The lowest BCUT2D eigenvalue weighted by molar-refractivity contribution is 0.274. The second-order valence-electron chi connectivity index (χ2n) is 5.67. The average molecular weight is 393 g/mol. The van der Waals surface area contributed by atoms with Gasteiger partial charge in [0.15, 0.2) is 5.11 Å². The van der Waals surface area contributed by atoms with E-state index >= 15 is 0 Å². The third-order valence-electron chi connectivity index (χ3n) is 3.65. The van der Waals surface area contributed by atoms with Crippen LogP contribution in [0.4, 0.5) is 5.69 Å². The van der Waals surface area contributed by atoms with E-state index < -0.39 is 0 Å². The van der Waals surface area contributed by atoms with Crippen LogP contribution in [0.25, 0.3) is 0 Å². The van der Waals surface area contributed by atoms with Crippen molar-refractivity contribution in [3.63, 3.8) is 0 Å². The molecule has 0 amide bonds. The summed E-state index contributed by atoms with van der Waals surface area (Å²) in [7, 11) is 3.90. The Morgan fingerprint density at radius 2 is 1.76 bits per heavy atom. The van der Waals surface area contributed by atoms with Crippen molar-refractivity contribution >= 4 is 46.2 Å². The Bertz CT molecular complexity index is 764. The van der Waals surface area contributed by atoms with Gasteiger partial charge in [-0.05, 0) is 68.3 Å². The molecular weight excluding hydrogens is 375 g/mol. The molecule has 7 heteroatoms. The number of thiocarbonyl (C=S) groups is 1. The van der Waals surface area contributed by atoms with Crippen molar-refractivity contribution in [3.8, 4) is 6.07 Å². The fraction of sp³-hybridized carbons (Fsp3) is 0.222. The maximum absolute atomic E-state index is 8.84. The molecule has 0 aliphatic rings. The number of hydrogen-bond acceptors (Lipinski definition) is 3. The lowest BCUT2D eigenvalue weighted by atomic mass is 10.1. The van der Waals surface area contributed by atoms with Crippen molar-refractivity contribution in [2.24, 2.45) is 0 Å². The highest BCUT2D eigenvalue weighted by Crippen LogP contribution is 2.25. The first-order valence-corrected chi connectivity index (χ1v) is 8.74. The number of nitriles is 1. The van der Waals surface area contributed by atoms with Gasteiger partial charge in [0.05, 0.1) is 17.8 Å². The van der Waals surface area contributed by atoms with E-state index in [9.17, 15) is 0 Å². The minimum absolute atomic E-state index is 0.0872. The lowest BCUT2D eigenvalue weighted by Crippen LogP contribution is -2.47. The molecule has 0 aliphatic heterocycles. The first kappa shape index (κ1) is 19.5. The van der Waals surface area contributed by atoms with Gasteiger partial charge in [0.25, 0.3) is 0 Å². The molecule has 4 nitrogen and oxygen atoms in total. The molecule has 0 radical (unpaired) electrons. The van der Waals surface area contributed by atoms with Crippen LogP contribution in [0.2, 0.25) is 10.0 Å². The van der Waals surface area contributed by atoms with Crippen molar-refractivity contribution in [1.29, 1.82) is 5.26 Å². The monoisotopic (exact) mass is 392 g/mol. The van der Waals surface area contributed by atoms with Crippen LogP contribution in [0.15, 0.2) is 42.5 Å². The van der Waals surface area contributed by atoms with E-state index in [0.717, 1.165) is 11.3 Å². The number of anilines is 1. The molecule has 1 unspecified atom stereocenters. The van der Waals surface area contributed by atoms with Crippen LogP contribution in [0, 0.1) is 11.3 Å². The van der Waals surface area contributed by atoms with Crippen LogP contribution in [-0.4, -0.2) is 30.3 Å². The molecule has 0 saturated carbocycles. The SMILES string of the molecule is CN(C)C(Cc1c(Cl)cccc1Cl)NC(=S)Nc1ccc(C#N)cc1. The normalized spacial score (nSPS) is 11.7. The van der Waals surface area contributed by atoms with Gasteiger partial charge in [-0.3, -0.25) is 4.90 Å². The summed E-state index contributed by atoms with van der Waals surface area (Å²) in [6.45, 7) is 0. The summed E-state index contributed by atoms with van der Waals surface area (Å²) in [5.41, 5.74) is 2.28. The molecule has 0 saturated heterocycles. The van der Waals surface area contributed by atoms with Gasteiger partial charge in [-0.1, -0.05) is 29.3 Å². The summed E-state index contributed by atoms with van der Waals surface area (Å²) in [4.78, 5) is 2.01. The summed E-state index contributed by atoms with van der Waals surface area (Å²) in [5.74, 6) is 0. The fourth-order valence-electron chi connectivity index (χ4n) is 2.23. The van der Waals surface area contributed by atoms with Gasteiger partial charge in [0.1, 0.15) is 0 Å². The minimum atomic E-state index is -0.0872. The maximum atomic E-state index is 8.84. The molecule has 2 aromatic rings. The highest BCUT2D eigenvalue weighted by molar-refractivity contribution is 7.80. The van der Waals surface area contributed by atoms with Crippen molar-refractivity contribution < 1.29 is 0 Å². The lowest BCUT2D eigenvalue weighted by Gasteiger charge is -2.27. The zero-order valence-corrected chi connectivity index (χ0v) is 16.2. The molecule has 0 aliphatic carbocycles. The fourth-order valence-corrected chi connectivity index (χ4v) is 3.04. The Morgan fingerprint density at radius 3 is 2.28 bits per heavy atom. The Morgan fingerprint density at radius 1 is 1.16 bits per heavy atom. The third-order valence-corrected chi connectivity index (χ3v) is 4.58. The Hall–Kier alpha value is -1.84. The molecule has 0 aromatic heterocycles. The number of nitrogens with zero attached hydrogens (tertiary/aromatic N) is 2. The molecule has 0 spiro atoms. The number of halogens is 2. The van der Waals surface area contributed by atoms with Gasteiger partial charge in [0.2, 0.25) is 0 Å². The van der Waals surface area contributed by atoms with Crippen molar-refractivity contribution in [2.75, 3.05) is 19.4 Å². The quantitative estimate of drug-likeness (QED) is 0.587. The van der Waals surface area contributed by atoms with Gasteiger partial charge in [0, 0.05) is 22.2 Å². The number of nitrogens with one attached hydrogen (secondary N) is 2. The first-order chi connectivity index (χ1) is 11.9. The average Bonchev–Trinajstić information content (AvgIpc) is 2.57. The Balaban J connectivity index is 2.05. The van der Waals surface area contributed by atoms with Crippen molar-refractivity contribution in [1.82, 2.24) is 10.2 Å². The minimum Gasteiger partial charge on any atom is -0.347 e. The van der Waals surface area contributed by atoms with Gasteiger partial charge < -0.3 is 10.6 Å². The van der Waals surface area contributed by atoms with E-state index in [-0.39, 0.29) is 6.17 Å². The molecule has 130 valence electrons. The highest BCUT2D eigenvalue weighted by atomic mass is 35.5. The molecule has 2 rings (SSSR count). The molecule has 2 aromatic carbocycles. The summed E-state index contributed by atoms with van der Waals surface area (Å²) in [6, 6.07) is 14.6.